The van der Waals surface area contributed by atoms with Crippen LogP contribution in [0.4, 0.5) is 5.00 Å². The number of hydrogen-bond donors (Lipinski definition) is 0. The number of rotatable bonds is 4. The maximum Gasteiger partial charge on any atom is 0.282 e. The van der Waals surface area contributed by atoms with Gasteiger partial charge in [-0.25, -0.2) is 4.98 Å². The standard InChI is InChI=1S/C18H20N4OS2/c1-2-13-10-15-17(25-13)19-12-22(18(15)23)20-11-14-6-7-16(24-14)21-8-4-3-5-9-21/h6-7,10-12H,2-5,8-9H2,1H3/b20-11-. The molecule has 0 spiro atoms. The number of fused-ring (bicyclic) bond motifs is 1. The molecule has 0 radical (unpaired) electrons. The second kappa shape index (κ2) is 7.09. The van der Waals surface area contributed by atoms with E-state index in [-0.39, 0.29) is 5.56 Å². The van der Waals surface area contributed by atoms with Crippen LogP contribution in [0.3, 0.4) is 0 Å². The summed E-state index contributed by atoms with van der Waals surface area (Å²) in [4.78, 5) is 22.3. The first kappa shape index (κ1) is 16.5. The molecule has 0 saturated carbocycles. The lowest BCUT2D eigenvalue weighted by Crippen LogP contribution is -2.28. The first-order valence-electron chi connectivity index (χ1n) is 8.64. The summed E-state index contributed by atoms with van der Waals surface area (Å²) >= 11 is 3.29. The monoisotopic (exact) mass is 372 g/mol. The third-order valence-electron chi connectivity index (χ3n) is 4.42. The minimum Gasteiger partial charge on any atom is -0.363 e. The molecular weight excluding hydrogens is 352 g/mol. The number of anilines is 1. The van der Waals surface area contributed by atoms with E-state index < -0.39 is 0 Å². The van der Waals surface area contributed by atoms with Gasteiger partial charge in [-0.1, -0.05) is 6.92 Å². The Bertz CT molecular complexity index is 963. The molecule has 1 aliphatic heterocycles. The first-order valence-corrected chi connectivity index (χ1v) is 10.3. The van der Waals surface area contributed by atoms with E-state index in [1.807, 2.05) is 6.07 Å². The van der Waals surface area contributed by atoms with Gasteiger partial charge in [0.25, 0.3) is 5.56 Å². The summed E-state index contributed by atoms with van der Waals surface area (Å²) in [5.41, 5.74) is -0.106. The molecule has 0 bridgehead atoms. The van der Waals surface area contributed by atoms with Gasteiger partial charge >= 0.3 is 0 Å². The van der Waals surface area contributed by atoms with E-state index in [1.54, 1.807) is 28.9 Å². The van der Waals surface area contributed by atoms with Crippen molar-refractivity contribution in [3.63, 3.8) is 0 Å². The van der Waals surface area contributed by atoms with Crippen molar-refractivity contribution >= 4 is 44.1 Å². The Hall–Kier alpha value is -1.99. The van der Waals surface area contributed by atoms with Crippen molar-refractivity contribution in [3.05, 3.63) is 44.6 Å². The molecule has 130 valence electrons. The van der Waals surface area contributed by atoms with Gasteiger partial charge in [0.2, 0.25) is 0 Å². The van der Waals surface area contributed by atoms with Crippen molar-refractivity contribution in [3.8, 4) is 0 Å². The van der Waals surface area contributed by atoms with E-state index in [0.29, 0.717) is 5.39 Å². The molecule has 4 heterocycles. The van der Waals surface area contributed by atoms with Crippen molar-refractivity contribution in [2.45, 2.75) is 32.6 Å². The zero-order chi connectivity index (χ0) is 17.2. The van der Waals surface area contributed by atoms with Crippen molar-refractivity contribution in [2.75, 3.05) is 18.0 Å². The lowest BCUT2D eigenvalue weighted by atomic mass is 10.1. The quantitative estimate of drug-likeness (QED) is 0.652. The zero-order valence-corrected chi connectivity index (χ0v) is 15.8. The lowest BCUT2D eigenvalue weighted by Gasteiger charge is -2.27. The van der Waals surface area contributed by atoms with Crippen LogP contribution < -0.4 is 10.5 Å². The highest BCUT2D eigenvalue weighted by atomic mass is 32.1. The Morgan fingerprint density at radius 3 is 2.88 bits per heavy atom. The summed E-state index contributed by atoms with van der Waals surface area (Å²) in [6.07, 6.45) is 8.04. The molecule has 4 rings (SSSR count). The van der Waals surface area contributed by atoms with E-state index in [4.69, 9.17) is 0 Å². The number of aryl methyl sites for hydroxylation is 1. The van der Waals surface area contributed by atoms with Gasteiger partial charge < -0.3 is 4.90 Å². The average molecular weight is 373 g/mol. The highest BCUT2D eigenvalue weighted by molar-refractivity contribution is 7.18. The molecule has 25 heavy (non-hydrogen) atoms. The molecule has 0 atom stereocenters. The highest BCUT2D eigenvalue weighted by Gasteiger charge is 2.12. The first-order chi connectivity index (χ1) is 12.2. The molecule has 5 nitrogen and oxygen atoms in total. The molecule has 1 aliphatic rings. The topological polar surface area (TPSA) is 50.5 Å². The molecule has 1 saturated heterocycles. The van der Waals surface area contributed by atoms with E-state index in [0.717, 1.165) is 29.2 Å². The van der Waals surface area contributed by atoms with Crippen molar-refractivity contribution in [1.29, 1.82) is 0 Å². The Morgan fingerprint density at radius 2 is 2.08 bits per heavy atom. The molecule has 0 unspecified atom stereocenters. The number of nitrogens with zero attached hydrogens (tertiary/aromatic N) is 4. The van der Waals surface area contributed by atoms with Crippen LogP contribution in [-0.4, -0.2) is 29.0 Å². The summed E-state index contributed by atoms with van der Waals surface area (Å²) in [5.74, 6) is 0. The fourth-order valence-electron chi connectivity index (χ4n) is 3.03. The Morgan fingerprint density at radius 1 is 1.24 bits per heavy atom. The normalized spacial score (nSPS) is 15.5. The summed E-state index contributed by atoms with van der Waals surface area (Å²) < 4.78 is 1.33. The van der Waals surface area contributed by atoms with Crippen LogP contribution in [0.5, 0.6) is 0 Å². The Balaban J connectivity index is 1.57. The predicted octanol–water partition coefficient (Wildman–Crippen LogP) is 3.95. The van der Waals surface area contributed by atoms with E-state index in [2.05, 4.69) is 34.0 Å². The largest absolute Gasteiger partial charge is 0.363 e. The van der Waals surface area contributed by atoms with E-state index in [9.17, 15) is 4.79 Å². The van der Waals surface area contributed by atoms with Crippen molar-refractivity contribution in [2.24, 2.45) is 5.10 Å². The third kappa shape index (κ3) is 3.39. The number of hydrogen-bond acceptors (Lipinski definition) is 6. The molecule has 3 aromatic heterocycles. The molecule has 0 N–H and O–H groups in total. The average Bonchev–Trinajstić information content (AvgIpc) is 3.29. The molecular formula is C18H20N4OS2. The van der Waals surface area contributed by atoms with E-state index >= 15 is 0 Å². The SMILES string of the molecule is CCc1cc2c(=O)n(/N=C\c3ccc(N4CCCCC4)s3)cnc2s1. The maximum atomic E-state index is 12.5. The van der Waals surface area contributed by atoms with Crippen LogP contribution >= 0.6 is 22.7 Å². The van der Waals surface area contributed by atoms with Crippen LogP contribution in [0, 0.1) is 0 Å². The van der Waals surface area contributed by atoms with Gasteiger partial charge in [-0.3, -0.25) is 4.79 Å². The third-order valence-corrected chi connectivity index (χ3v) is 6.69. The highest BCUT2D eigenvalue weighted by Crippen LogP contribution is 2.27. The maximum absolute atomic E-state index is 12.5. The van der Waals surface area contributed by atoms with Crippen molar-refractivity contribution < 1.29 is 0 Å². The van der Waals surface area contributed by atoms with Gasteiger partial charge in [0.1, 0.15) is 11.2 Å². The minimum atomic E-state index is -0.106. The van der Waals surface area contributed by atoms with Crippen molar-refractivity contribution in [1.82, 2.24) is 9.66 Å². The van der Waals surface area contributed by atoms with Crippen LogP contribution in [0.2, 0.25) is 0 Å². The van der Waals surface area contributed by atoms with Crippen LogP contribution in [0.25, 0.3) is 10.2 Å². The zero-order valence-electron chi connectivity index (χ0n) is 14.1. The predicted molar refractivity (Wildman–Crippen MR) is 107 cm³/mol. The molecule has 7 heteroatoms. The van der Waals surface area contributed by atoms with Gasteiger partial charge in [0.15, 0.2) is 0 Å². The summed E-state index contributed by atoms with van der Waals surface area (Å²) in [7, 11) is 0. The van der Waals surface area contributed by atoms with Gasteiger partial charge in [-0.05, 0) is 43.9 Å². The summed E-state index contributed by atoms with van der Waals surface area (Å²) in [6, 6.07) is 6.14. The summed E-state index contributed by atoms with van der Waals surface area (Å²) in [6.45, 7) is 4.35. The molecule has 0 amide bonds. The second-order valence-corrected chi connectivity index (χ2v) is 8.36. The molecule has 0 aromatic carbocycles. The van der Waals surface area contributed by atoms with Crippen LogP contribution in [0.15, 0.2) is 34.4 Å². The Kier molecular flexibility index (Phi) is 4.67. The van der Waals surface area contributed by atoms with Crippen LogP contribution in [-0.2, 0) is 6.42 Å². The van der Waals surface area contributed by atoms with Gasteiger partial charge in [-0.2, -0.15) is 9.78 Å². The van der Waals surface area contributed by atoms with E-state index in [1.165, 1.54) is 40.1 Å². The number of aromatic nitrogens is 2. The van der Waals surface area contributed by atoms with Gasteiger partial charge in [0, 0.05) is 22.8 Å². The molecule has 0 aliphatic carbocycles. The summed E-state index contributed by atoms with van der Waals surface area (Å²) in [5, 5.41) is 6.27. The number of piperidine rings is 1. The number of thiophene rings is 2. The second-order valence-electron chi connectivity index (χ2n) is 6.15. The smallest absolute Gasteiger partial charge is 0.282 e. The lowest BCUT2D eigenvalue weighted by molar-refractivity contribution is 0.580. The molecule has 3 aromatic rings. The van der Waals surface area contributed by atoms with Gasteiger partial charge in [0.05, 0.1) is 16.6 Å². The fourth-order valence-corrected chi connectivity index (χ4v) is 4.89. The molecule has 1 fully saturated rings. The Labute approximate surface area is 154 Å². The fraction of sp³-hybridized carbons (Fsp3) is 0.389. The minimum absolute atomic E-state index is 0.106. The van der Waals surface area contributed by atoms with Gasteiger partial charge in [-0.15, -0.1) is 22.7 Å². The van der Waals surface area contributed by atoms with Crippen LogP contribution in [0.1, 0.15) is 35.9 Å².